The highest BCUT2D eigenvalue weighted by atomic mass is 16.2. The van der Waals surface area contributed by atoms with E-state index in [1.807, 2.05) is 74.5 Å². The van der Waals surface area contributed by atoms with Crippen molar-refractivity contribution >= 4 is 16.8 Å². The van der Waals surface area contributed by atoms with E-state index in [1.165, 1.54) is 0 Å². The zero-order chi connectivity index (χ0) is 17.8. The first-order chi connectivity index (χ1) is 12.0. The van der Waals surface area contributed by atoms with Crippen LogP contribution in [0.3, 0.4) is 0 Å². The average Bonchev–Trinajstić information content (AvgIpc) is 2.62. The highest BCUT2D eigenvalue weighted by Gasteiger charge is 2.19. The first kappa shape index (κ1) is 17.0. The fourth-order valence-electron chi connectivity index (χ4n) is 2.90. The van der Waals surface area contributed by atoms with Crippen LogP contribution in [0.4, 0.5) is 0 Å². The molecule has 3 aromatic rings. The summed E-state index contributed by atoms with van der Waals surface area (Å²) in [6.45, 7) is 4.55. The molecule has 0 saturated heterocycles. The van der Waals surface area contributed by atoms with Crippen molar-refractivity contribution in [2.45, 2.75) is 26.9 Å². The van der Waals surface area contributed by atoms with Gasteiger partial charge in [-0.15, -0.1) is 0 Å². The van der Waals surface area contributed by atoms with Crippen LogP contribution in [0.2, 0.25) is 0 Å². The molecule has 1 amide bonds. The van der Waals surface area contributed by atoms with Crippen molar-refractivity contribution < 1.29 is 4.79 Å². The van der Waals surface area contributed by atoms with Crippen molar-refractivity contribution in [1.29, 1.82) is 0 Å². The number of hydrogen-bond acceptors (Lipinski definition) is 2. The van der Waals surface area contributed by atoms with E-state index in [1.54, 1.807) is 4.90 Å². The number of H-pyrrole nitrogens is 1. The Labute approximate surface area is 147 Å². The molecule has 0 saturated carbocycles. The standard InChI is InChI=1S/C21H22N2O2/c1-15(2)21(25)23(13-16-8-4-3-5-9-16)14-18-12-17-10-6-7-11-19(17)22-20(18)24/h3-12,15H,13-14H2,1-2H3,(H,22,24). The van der Waals surface area contributed by atoms with Gasteiger partial charge in [-0.05, 0) is 23.1 Å². The van der Waals surface area contributed by atoms with Crippen LogP contribution in [-0.2, 0) is 17.9 Å². The van der Waals surface area contributed by atoms with Crippen LogP contribution < -0.4 is 5.56 Å². The molecule has 0 radical (unpaired) electrons. The Morgan fingerprint density at radius 1 is 1.00 bits per heavy atom. The van der Waals surface area contributed by atoms with E-state index in [0.717, 1.165) is 16.5 Å². The predicted molar refractivity (Wildman–Crippen MR) is 100 cm³/mol. The highest BCUT2D eigenvalue weighted by molar-refractivity contribution is 5.80. The Kier molecular flexibility index (Phi) is 4.98. The van der Waals surface area contributed by atoms with Gasteiger partial charge in [-0.2, -0.15) is 0 Å². The number of nitrogens with one attached hydrogen (secondary N) is 1. The second kappa shape index (κ2) is 7.34. The number of rotatable bonds is 5. The molecule has 4 heteroatoms. The van der Waals surface area contributed by atoms with Crippen LogP contribution in [0.25, 0.3) is 10.9 Å². The molecule has 3 rings (SSSR count). The number of fused-ring (bicyclic) bond motifs is 1. The van der Waals surface area contributed by atoms with Crippen molar-refractivity contribution in [3.63, 3.8) is 0 Å². The van der Waals surface area contributed by atoms with E-state index >= 15 is 0 Å². The number of hydrogen-bond donors (Lipinski definition) is 1. The summed E-state index contributed by atoms with van der Waals surface area (Å²) in [6, 6.07) is 19.4. The lowest BCUT2D eigenvalue weighted by Crippen LogP contribution is -2.35. The second-order valence-electron chi connectivity index (χ2n) is 6.55. The minimum absolute atomic E-state index is 0.0383. The summed E-state index contributed by atoms with van der Waals surface area (Å²) in [6.07, 6.45) is 0. The Balaban J connectivity index is 1.93. The molecular weight excluding hydrogens is 312 g/mol. The third kappa shape index (κ3) is 3.97. The number of benzene rings is 2. The molecule has 25 heavy (non-hydrogen) atoms. The minimum atomic E-state index is -0.145. The summed E-state index contributed by atoms with van der Waals surface area (Å²) in [5, 5.41) is 0.966. The number of nitrogens with zero attached hydrogens (tertiary/aromatic N) is 1. The quantitative estimate of drug-likeness (QED) is 0.773. The van der Waals surface area contributed by atoms with Gasteiger partial charge in [-0.1, -0.05) is 62.4 Å². The van der Waals surface area contributed by atoms with Crippen molar-refractivity contribution in [1.82, 2.24) is 9.88 Å². The zero-order valence-corrected chi connectivity index (χ0v) is 14.5. The Morgan fingerprint density at radius 3 is 2.40 bits per heavy atom. The van der Waals surface area contributed by atoms with Crippen LogP contribution in [0.1, 0.15) is 25.0 Å². The van der Waals surface area contributed by atoms with E-state index in [-0.39, 0.29) is 17.4 Å². The number of carbonyl (C=O) groups excluding carboxylic acids is 1. The molecule has 0 aliphatic carbocycles. The molecule has 0 unspecified atom stereocenters. The van der Waals surface area contributed by atoms with E-state index in [2.05, 4.69) is 4.98 Å². The Morgan fingerprint density at radius 2 is 1.68 bits per heavy atom. The topological polar surface area (TPSA) is 53.2 Å². The van der Waals surface area contributed by atoms with Gasteiger partial charge in [0.25, 0.3) is 5.56 Å². The van der Waals surface area contributed by atoms with Gasteiger partial charge in [0.2, 0.25) is 5.91 Å². The summed E-state index contributed by atoms with van der Waals surface area (Å²) in [5.41, 5.74) is 2.31. The number of amides is 1. The summed E-state index contributed by atoms with van der Waals surface area (Å²) in [5.74, 6) is -0.0836. The van der Waals surface area contributed by atoms with Crippen LogP contribution >= 0.6 is 0 Å². The molecule has 0 atom stereocenters. The molecule has 0 aliphatic rings. The third-order valence-electron chi connectivity index (χ3n) is 4.21. The summed E-state index contributed by atoms with van der Waals surface area (Å²) >= 11 is 0. The van der Waals surface area contributed by atoms with Gasteiger partial charge < -0.3 is 9.88 Å². The maximum Gasteiger partial charge on any atom is 0.253 e. The van der Waals surface area contributed by atoms with E-state index in [9.17, 15) is 9.59 Å². The maximum atomic E-state index is 12.6. The van der Waals surface area contributed by atoms with Crippen LogP contribution in [0.15, 0.2) is 65.5 Å². The molecule has 0 fully saturated rings. The zero-order valence-electron chi connectivity index (χ0n) is 14.5. The average molecular weight is 334 g/mol. The van der Waals surface area contributed by atoms with Gasteiger partial charge in [0, 0.05) is 23.5 Å². The smallest absolute Gasteiger partial charge is 0.253 e. The third-order valence-corrected chi connectivity index (χ3v) is 4.21. The number of para-hydroxylation sites is 1. The fraction of sp³-hybridized carbons (Fsp3) is 0.238. The van der Waals surface area contributed by atoms with Gasteiger partial charge >= 0.3 is 0 Å². The molecule has 2 aromatic carbocycles. The summed E-state index contributed by atoms with van der Waals surface area (Å²) in [4.78, 5) is 29.7. The number of pyridine rings is 1. The molecule has 0 spiro atoms. The van der Waals surface area contributed by atoms with Crippen LogP contribution in [0, 0.1) is 5.92 Å². The normalized spacial score (nSPS) is 11.0. The molecule has 0 bridgehead atoms. The first-order valence-corrected chi connectivity index (χ1v) is 8.48. The molecular formula is C21H22N2O2. The molecule has 128 valence electrons. The van der Waals surface area contributed by atoms with Gasteiger partial charge in [0.05, 0.1) is 6.54 Å². The van der Waals surface area contributed by atoms with Crippen LogP contribution in [0.5, 0.6) is 0 Å². The van der Waals surface area contributed by atoms with E-state index in [0.29, 0.717) is 18.7 Å². The lowest BCUT2D eigenvalue weighted by Gasteiger charge is -2.24. The molecule has 4 nitrogen and oxygen atoms in total. The lowest BCUT2D eigenvalue weighted by molar-refractivity contribution is -0.135. The lowest BCUT2D eigenvalue weighted by atomic mass is 10.1. The number of carbonyl (C=O) groups is 1. The fourth-order valence-corrected chi connectivity index (χ4v) is 2.90. The van der Waals surface area contributed by atoms with Crippen LogP contribution in [-0.4, -0.2) is 15.8 Å². The molecule has 0 aliphatic heterocycles. The number of aromatic amines is 1. The SMILES string of the molecule is CC(C)C(=O)N(Cc1ccccc1)Cc1cc2ccccc2[nH]c1=O. The molecule has 1 aromatic heterocycles. The van der Waals surface area contributed by atoms with Gasteiger partial charge in [0.1, 0.15) is 0 Å². The Hall–Kier alpha value is -2.88. The van der Waals surface area contributed by atoms with Crippen molar-refractivity contribution in [2.75, 3.05) is 0 Å². The van der Waals surface area contributed by atoms with Crippen molar-refractivity contribution in [2.24, 2.45) is 5.92 Å². The molecule has 1 N–H and O–H groups in total. The first-order valence-electron chi connectivity index (χ1n) is 8.48. The van der Waals surface area contributed by atoms with Gasteiger partial charge in [-0.3, -0.25) is 9.59 Å². The van der Waals surface area contributed by atoms with Crippen molar-refractivity contribution in [3.05, 3.63) is 82.1 Å². The summed E-state index contributed by atoms with van der Waals surface area (Å²) < 4.78 is 0. The largest absolute Gasteiger partial charge is 0.334 e. The highest BCUT2D eigenvalue weighted by Crippen LogP contribution is 2.15. The van der Waals surface area contributed by atoms with Crippen molar-refractivity contribution in [3.8, 4) is 0 Å². The Bertz CT molecular complexity index is 929. The maximum absolute atomic E-state index is 12.6. The minimum Gasteiger partial charge on any atom is -0.334 e. The number of aromatic nitrogens is 1. The molecule has 1 heterocycles. The second-order valence-corrected chi connectivity index (χ2v) is 6.55. The predicted octanol–water partition coefficient (Wildman–Crippen LogP) is 3.71. The summed E-state index contributed by atoms with van der Waals surface area (Å²) in [7, 11) is 0. The van der Waals surface area contributed by atoms with Gasteiger partial charge in [-0.25, -0.2) is 0 Å². The monoisotopic (exact) mass is 334 g/mol. The van der Waals surface area contributed by atoms with E-state index in [4.69, 9.17) is 0 Å². The van der Waals surface area contributed by atoms with Gasteiger partial charge in [0.15, 0.2) is 0 Å². The van der Waals surface area contributed by atoms with E-state index < -0.39 is 0 Å².